The van der Waals surface area contributed by atoms with E-state index in [0.717, 1.165) is 52.6 Å². The summed E-state index contributed by atoms with van der Waals surface area (Å²) < 4.78 is 7.45. The van der Waals surface area contributed by atoms with Gasteiger partial charge in [-0.25, -0.2) is 4.98 Å². The van der Waals surface area contributed by atoms with Crippen LogP contribution in [0.2, 0.25) is 0 Å². The van der Waals surface area contributed by atoms with Gasteiger partial charge in [0.2, 0.25) is 0 Å². The molecule has 1 amide bonds. The number of likely N-dealkylation sites (tertiary alicyclic amines) is 1. The highest BCUT2D eigenvalue weighted by molar-refractivity contribution is 7.98. The fourth-order valence-electron chi connectivity index (χ4n) is 4.33. The number of amides is 1. The van der Waals surface area contributed by atoms with Gasteiger partial charge in [-0.1, -0.05) is 48.5 Å². The van der Waals surface area contributed by atoms with E-state index in [1.165, 1.54) is 30.6 Å². The Kier molecular flexibility index (Phi) is 8.49. The van der Waals surface area contributed by atoms with E-state index in [9.17, 15) is 4.79 Å². The van der Waals surface area contributed by atoms with Crippen molar-refractivity contribution in [2.24, 2.45) is 0 Å². The molecule has 192 valence electrons. The van der Waals surface area contributed by atoms with Crippen LogP contribution in [0.1, 0.15) is 34.8 Å². The highest BCUT2D eigenvalue weighted by Crippen LogP contribution is 2.31. The van der Waals surface area contributed by atoms with E-state index in [0.29, 0.717) is 18.0 Å². The molecule has 0 radical (unpaired) electrons. The van der Waals surface area contributed by atoms with Gasteiger partial charge in [-0.15, -0.1) is 21.5 Å². The third-order valence-electron chi connectivity index (χ3n) is 6.25. The molecule has 10 heteroatoms. The van der Waals surface area contributed by atoms with E-state index in [4.69, 9.17) is 4.74 Å². The summed E-state index contributed by atoms with van der Waals surface area (Å²) in [5.41, 5.74) is 2.36. The summed E-state index contributed by atoms with van der Waals surface area (Å²) in [6.07, 6.45) is 3.81. The molecule has 1 saturated heterocycles. The molecule has 3 heterocycles. The Labute approximate surface area is 225 Å². The van der Waals surface area contributed by atoms with Crippen LogP contribution in [0.15, 0.2) is 65.1 Å². The van der Waals surface area contributed by atoms with Gasteiger partial charge < -0.3 is 15.0 Å². The normalized spacial score (nSPS) is 14.0. The minimum absolute atomic E-state index is 0.114. The topological polar surface area (TPSA) is 85.2 Å². The number of carbonyl (C=O) groups is 1. The number of nitrogens with zero attached hydrogens (tertiary/aromatic N) is 5. The van der Waals surface area contributed by atoms with Crippen LogP contribution in [0.5, 0.6) is 5.75 Å². The molecule has 8 nitrogen and oxygen atoms in total. The molecule has 1 aliphatic heterocycles. The van der Waals surface area contributed by atoms with Crippen molar-refractivity contribution in [3.8, 4) is 22.8 Å². The SMILES string of the molecule is COc1cccc(-c2nnc(SCc3nc(C(=O)NCCN4CCCCC4)cs3)n2-c2ccccc2)c1. The van der Waals surface area contributed by atoms with Crippen molar-refractivity contribution in [2.45, 2.75) is 30.2 Å². The number of piperidine rings is 1. The van der Waals surface area contributed by atoms with Gasteiger partial charge in [0.25, 0.3) is 5.91 Å². The van der Waals surface area contributed by atoms with E-state index in [-0.39, 0.29) is 5.91 Å². The first-order valence-electron chi connectivity index (χ1n) is 12.4. The van der Waals surface area contributed by atoms with E-state index in [2.05, 4.69) is 25.4 Å². The Bertz CT molecular complexity index is 1320. The smallest absolute Gasteiger partial charge is 0.270 e. The molecule has 0 aliphatic carbocycles. The number of rotatable bonds is 10. The van der Waals surface area contributed by atoms with Crippen LogP contribution < -0.4 is 10.1 Å². The van der Waals surface area contributed by atoms with Crippen LogP contribution in [-0.4, -0.2) is 63.8 Å². The average molecular weight is 535 g/mol. The second-order valence-corrected chi connectivity index (χ2v) is 10.7. The summed E-state index contributed by atoms with van der Waals surface area (Å²) in [5.74, 6) is 1.98. The number of aromatic nitrogens is 4. The molecule has 0 spiro atoms. The van der Waals surface area contributed by atoms with E-state index in [1.807, 2.05) is 64.5 Å². The zero-order valence-electron chi connectivity index (χ0n) is 20.8. The van der Waals surface area contributed by atoms with Gasteiger partial charge in [-0.05, 0) is 50.2 Å². The van der Waals surface area contributed by atoms with Crippen LogP contribution in [0, 0.1) is 0 Å². The zero-order chi connectivity index (χ0) is 25.5. The molecule has 37 heavy (non-hydrogen) atoms. The maximum absolute atomic E-state index is 12.6. The lowest BCUT2D eigenvalue weighted by Gasteiger charge is -2.26. The number of methoxy groups -OCH3 is 1. The first kappa shape index (κ1) is 25.4. The number of thiazole rings is 1. The monoisotopic (exact) mass is 534 g/mol. The number of ether oxygens (including phenoxy) is 1. The standard InChI is InChI=1S/C27H30N6O2S2/c1-35-22-12-8-9-20(17-22)25-30-31-27(33(25)21-10-4-2-5-11-21)37-19-24-29-23(18-36-24)26(34)28-13-16-32-14-6-3-7-15-32/h2,4-5,8-12,17-18H,3,6-7,13-16,19H2,1H3,(H,28,34). The number of benzene rings is 2. The minimum atomic E-state index is -0.114. The van der Waals surface area contributed by atoms with E-state index >= 15 is 0 Å². The van der Waals surface area contributed by atoms with Crippen molar-refractivity contribution in [3.05, 3.63) is 70.7 Å². The summed E-state index contributed by atoms with van der Waals surface area (Å²) in [5, 5.41) is 15.5. The molecular formula is C27H30N6O2S2. The Morgan fingerprint density at radius 1 is 1.08 bits per heavy atom. The lowest BCUT2D eigenvalue weighted by atomic mass is 10.1. The maximum Gasteiger partial charge on any atom is 0.270 e. The maximum atomic E-state index is 12.6. The van der Waals surface area contributed by atoms with Crippen molar-refractivity contribution in [2.75, 3.05) is 33.3 Å². The van der Waals surface area contributed by atoms with Gasteiger partial charge >= 0.3 is 0 Å². The van der Waals surface area contributed by atoms with Crippen LogP contribution in [0.4, 0.5) is 0 Å². The Hall–Kier alpha value is -3.21. The summed E-state index contributed by atoms with van der Waals surface area (Å²) in [6.45, 7) is 3.79. The Balaban J connectivity index is 1.26. The second kappa shape index (κ2) is 12.4. The molecule has 1 aliphatic rings. The van der Waals surface area contributed by atoms with Gasteiger partial charge in [-0.3, -0.25) is 9.36 Å². The third-order valence-corrected chi connectivity index (χ3v) is 8.22. The molecule has 0 saturated carbocycles. The fourth-order valence-corrected chi connectivity index (χ4v) is 6.08. The van der Waals surface area contributed by atoms with Gasteiger partial charge in [0.05, 0.1) is 12.9 Å². The summed E-state index contributed by atoms with van der Waals surface area (Å²) in [6, 6.07) is 17.9. The number of nitrogens with one attached hydrogen (secondary N) is 1. The molecule has 2 aromatic carbocycles. The van der Waals surface area contributed by atoms with Crippen LogP contribution >= 0.6 is 23.1 Å². The van der Waals surface area contributed by atoms with Crippen molar-refractivity contribution >= 4 is 29.0 Å². The molecule has 1 N–H and O–H groups in total. The van der Waals surface area contributed by atoms with Gasteiger partial charge in [0, 0.05) is 29.7 Å². The molecule has 4 aromatic rings. The number of carbonyl (C=O) groups excluding carboxylic acids is 1. The Morgan fingerprint density at radius 3 is 2.73 bits per heavy atom. The van der Waals surface area contributed by atoms with Crippen LogP contribution in [0.3, 0.4) is 0 Å². The first-order chi connectivity index (χ1) is 18.2. The number of hydrogen-bond acceptors (Lipinski definition) is 8. The van der Waals surface area contributed by atoms with E-state index < -0.39 is 0 Å². The van der Waals surface area contributed by atoms with Crippen LogP contribution in [-0.2, 0) is 5.75 Å². The quantitative estimate of drug-likeness (QED) is 0.290. The predicted octanol–water partition coefficient (Wildman–Crippen LogP) is 4.91. The summed E-state index contributed by atoms with van der Waals surface area (Å²) in [4.78, 5) is 19.6. The molecule has 5 rings (SSSR count). The summed E-state index contributed by atoms with van der Waals surface area (Å²) >= 11 is 3.04. The van der Waals surface area contributed by atoms with Crippen molar-refractivity contribution < 1.29 is 9.53 Å². The summed E-state index contributed by atoms with van der Waals surface area (Å²) in [7, 11) is 1.65. The highest BCUT2D eigenvalue weighted by atomic mass is 32.2. The van der Waals surface area contributed by atoms with Crippen molar-refractivity contribution in [1.29, 1.82) is 0 Å². The number of hydrogen-bond donors (Lipinski definition) is 1. The molecule has 1 fully saturated rings. The number of thioether (sulfide) groups is 1. The van der Waals surface area contributed by atoms with Gasteiger partial charge in [-0.2, -0.15) is 0 Å². The largest absolute Gasteiger partial charge is 0.497 e. The van der Waals surface area contributed by atoms with Gasteiger partial charge in [0.1, 0.15) is 16.5 Å². The minimum Gasteiger partial charge on any atom is -0.497 e. The lowest BCUT2D eigenvalue weighted by Crippen LogP contribution is -2.37. The van der Waals surface area contributed by atoms with E-state index in [1.54, 1.807) is 18.9 Å². The Morgan fingerprint density at radius 2 is 1.92 bits per heavy atom. The molecule has 2 aromatic heterocycles. The van der Waals surface area contributed by atoms with Crippen LogP contribution in [0.25, 0.3) is 17.1 Å². The molecule has 0 bridgehead atoms. The third kappa shape index (κ3) is 6.38. The predicted molar refractivity (Wildman–Crippen MR) is 148 cm³/mol. The highest BCUT2D eigenvalue weighted by Gasteiger charge is 2.18. The molecule has 0 atom stereocenters. The second-order valence-electron chi connectivity index (χ2n) is 8.78. The average Bonchev–Trinajstić information content (AvgIpc) is 3.60. The number of para-hydroxylation sites is 1. The van der Waals surface area contributed by atoms with Gasteiger partial charge in [0.15, 0.2) is 11.0 Å². The van der Waals surface area contributed by atoms with Crippen molar-refractivity contribution in [1.82, 2.24) is 30.0 Å². The van der Waals surface area contributed by atoms with Crippen molar-refractivity contribution in [3.63, 3.8) is 0 Å². The molecule has 0 unspecified atom stereocenters. The lowest BCUT2D eigenvalue weighted by molar-refractivity contribution is 0.0942. The fraction of sp³-hybridized carbons (Fsp3) is 0.333. The first-order valence-corrected chi connectivity index (χ1v) is 14.3. The zero-order valence-corrected chi connectivity index (χ0v) is 22.4. The molecular weight excluding hydrogens is 504 g/mol.